The van der Waals surface area contributed by atoms with Gasteiger partial charge in [-0.05, 0) is 81.8 Å². The van der Waals surface area contributed by atoms with Gasteiger partial charge in [-0.1, -0.05) is 6.07 Å². The van der Waals surface area contributed by atoms with Crippen molar-refractivity contribution in [1.29, 1.82) is 0 Å². The van der Waals surface area contributed by atoms with E-state index in [4.69, 9.17) is 14.2 Å². The number of rotatable bonds is 6. The van der Waals surface area contributed by atoms with Gasteiger partial charge in [-0.25, -0.2) is 4.39 Å². The van der Waals surface area contributed by atoms with Gasteiger partial charge in [-0.3, -0.25) is 4.79 Å². The van der Waals surface area contributed by atoms with Gasteiger partial charge in [0, 0.05) is 0 Å². The van der Waals surface area contributed by atoms with E-state index in [-0.39, 0.29) is 17.2 Å². The number of esters is 1. The van der Waals surface area contributed by atoms with E-state index >= 15 is 0 Å². The average Bonchev–Trinajstić information content (AvgIpc) is 3.58. The minimum Gasteiger partial charge on any atom is -0.423 e. The highest BCUT2D eigenvalue weighted by atomic mass is 19.2. The highest BCUT2D eigenvalue weighted by molar-refractivity contribution is 5.75. The van der Waals surface area contributed by atoms with Crippen LogP contribution in [0.5, 0.6) is 5.75 Å². The number of epoxide rings is 1. The molecule has 1 atom stereocenters. The molecule has 0 aromatic heterocycles. The SMILES string of the molecule is Cc1ccc(OC(=O)C2CCC(C3CCC(OCC4CO4)CC3)CC2)c(F)c1F. The standard InChI is InChI=1S/C23H30F2O4/c1-14-2-11-20(22(25)21(14)24)29-23(26)17-5-3-15(4-6-17)16-7-9-18(10-8-16)27-12-19-13-28-19/h2,11,15-19H,3-10,12-13H2,1H3. The molecule has 0 amide bonds. The van der Waals surface area contributed by atoms with E-state index < -0.39 is 17.6 Å². The number of carbonyl (C=O) groups is 1. The minimum absolute atomic E-state index is 0.198. The molecule has 29 heavy (non-hydrogen) atoms. The maximum atomic E-state index is 14.0. The van der Waals surface area contributed by atoms with Gasteiger partial charge >= 0.3 is 5.97 Å². The fraction of sp³-hybridized carbons (Fsp3) is 0.696. The number of hydrogen-bond acceptors (Lipinski definition) is 4. The van der Waals surface area contributed by atoms with E-state index in [9.17, 15) is 13.6 Å². The van der Waals surface area contributed by atoms with Crippen molar-refractivity contribution in [3.8, 4) is 5.75 Å². The highest BCUT2D eigenvalue weighted by Gasteiger charge is 2.34. The number of hydrogen-bond donors (Lipinski definition) is 0. The molecule has 4 rings (SSSR count). The Morgan fingerprint density at radius 1 is 1.00 bits per heavy atom. The molecule has 0 N–H and O–H groups in total. The topological polar surface area (TPSA) is 48.1 Å². The van der Waals surface area contributed by atoms with Gasteiger partial charge in [0.1, 0.15) is 6.10 Å². The number of benzene rings is 1. The normalized spacial score (nSPS) is 32.0. The number of halogens is 2. The van der Waals surface area contributed by atoms with E-state index in [1.54, 1.807) is 0 Å². The first-order valence-electron chi connectivity index (χ1n) is 10.9. The summed E-state index contributed by atoms with van der Waals surface area (Å²) in [6.07, 6.45) is 8.79. The smallest absolute Gasteiger partial charge is 0.314 e. The molecule has 0 bridgehead atoms. The number of aryl methyl sites for hydroxylation is 1. The molecule has 0 radical (unpaired) electrons. The van der Waals surface area contributed by atoms with Crippen molar-refractivity contribution in [2.24, 2.45) is 17.8 Å². The van der Waals surface area contributed by atoms with Gasteiger partial charge in [0.2, 0.25) is 5.82 Å². The quantitative estimate of drug-likeness (QED) is 0.379. The third-order valence-corrected chi connectivity index (χ3v) is 6.86. The van der Waals surface area contributed by atoms with Crippen LogP contribution in [0, 0.1) is 36.3 Å². The summed E-state index contributed by atoms with van der Waals surface area (Å²) in [6, 6.07) is 2.75. The van der Waals surface area contributed by atoms with Crippen molar-refractivity contribution >= 4 is 5.97 Å². The lowest BCUT2D eigenvalue weighted by atomic mass is 9.70. The Bertz CT molecular complexity index is 718. The Morgan fingerprint density at radius 3 is 2.24 bits per heavy atom. The molecule has 1 aromatic rings. The van der Waals surface area contributed by atoms with Gasteiger partial charge in [0.05, 0.1) is 25.2 Å². The zero-order chi connectivity index (χ0) is 20.4. The molecule has 1 aliphatic heterocycles. The van der Waals surface area contributed by atoms with Gasteiger partial charge in [0.15, 0.2) is 11.6 Å². The summed E-state index contributed by atoms with van der Waals surface area (Å²) in [7, 11) is 0. The third kappa shape index (κ3) is 5.15. The van der Waals surface area contributed by atoms with Crippen LogP contribution in [-0.4, -0.2) is 31.4 Å². The van der Waals surface area contributed by atoms with Gasteiger partial charge < -0.3 is 14.2 Å². The van der Waals surface area contributed by atoms with Crippen LogP contribution in [0.25, 0.3) is 0 Å². The predicted octanol–water partition coefficient (Wildman–Crippen LogP) is 4.96. The average molecular weight is 408 g/mol. The fourth-order valence-corrected chi connectivity index (χ4v) is 4.86. The molecule has 3 fully saturated rings. The molecule has 1 aromatic carbocycles. The van der Waals surface area contributed by atoms with E-state index in [1.807, 2.05) is 0 Å². The molecule has 4 nitrogen and oxygen atoms in total. The zero-order valence-corrected chi connectivity index (χ0v) is 17.0. The molecule has 1 saturated heterocycles. The van der Waals surface area contributed by atoms with Gasteiger partial charge in [-0.15, -0.1) is 0 Å². The molecule has 2 saturated carbocycles. The predicted molar refractivity (Wildman–Crippen MR) is 104 cm³/mol. The summed E-state index contributed by atoms with van der Waals surface area (Å²) in [5.74, 6) is -1.68. The van der Waals surface area contributed by atoms with Crippen LogP contribution in [-0.2, 0) is 14.3 Å². The molecule has 6 heteroatoms. The van der Waals surface area contributed by atoms with Gasteiger partial charge in [0.25, 0.3) is 0 Å². The number of ether oxygens (including phenoxy) is 3. The second-order valence-corrected chi connectivity index (χ2v) is 8.87. The monoisotopic (exact) mass is 408 g/mol. The van der Waals surface area contributed by atoms with Crippen LogP contribution >= 0.6 is 0 Å². The Labute approximate surface area is 170 Å². The highest BCUT2D eigenvalue weighted by Crippen LogP contribution is 2.41. The fourth-order valence-electron chi connectivity index (χ4n) is 4.86. The van der Waals surface area contributed by atoms with Crippen LogP contribution in [0.15, 0.2) is 12.1 Å². The first kappa shape index (κ1) is 20.7. The van der Waals surface area contributed by atoms with E-state index in [1.165, 1.54) is 31.9 Å². The van der Waals surface area contributed by atoms with Crippen molar-refractivity contribution in [3.05, 3.63) is 29.3 Å². The van der Waals surface area contributed by atoms with Crippen LogP contribution in [0.3, 0.4) is 0 Å². The molecule has 1 unspecified atom stereocenters. The molecule has 1 heterocycles. The van der Waals surface area contributed by atoms with Crippen molar-refractivity contribution in [2.75, 3.05) is 13.2 Å². The number of carbonyl (C=O) groups excluding carboxylic acids is 1. The van der Waals surface area contributed by atoms with E-state index in [2.05, 4.69) is 0 Å². The Morgan fingerprint density at radius 2 is 1.62 bits per heavy atom. The summed E-state index contributed by atoms with van der Waals surface area (Å²) >= 11 is 0. The van der Waals surface area contributed by atoms with E-state index in [0.29, 0.717) is 24.0 Å². The van der Waals surface area contributed by atoms with Crippen LogP contribution < -0.4 is 4.74 Å². The summed E-state index contributed by atoms with van der Waals surface area (Å²) < 4.78 is 44.0. The van der Waals surface area contributed by atoms with E-state index in [0.717, 1.165) is 51.7 Å². The maximum absolute atomic E-state index is 14.0. The van der Waals surface area contributed by atoms with Crippen LogP contribution in [0.1, 0.15) is 56.9 Å². The van der Waals surface area contributed by atoms with Gasteiger partial charge in [-0.2, -0.15) is 4.39 Å². The lowest BCUT2D eigenvalue weighted by Gasteiger charge is -2.37. The minimum atomic E-state index is -1.08. The third-order valence-electron chi connectivity index (χ3n) is 6.86. The zero-order valence-electron chi connectivity index (χ0n) is 17.0. The lowest BCUT2D eigenvalue weighted by Crippen LogP contribution is -2.31. The van der Waals surface area contributed by atoms with Crippen molar-refractivity contribution in [3.63, 3.8) is 0 Å². The molecular formula is C23H30F2O4. The molecule has 0 spiro atoms. The summed E-state index contributed by atoms with van der Waals surface area (Å²) in [6.45, 7) is 3.05. The second-order valence-electron chi connectivity index (χ2n) is 8.87. The van der Waals surface area contributed by atoms with Crippen molar-refractivity contribution < 1.29 is 27.8 Å². The van der Waals surface area contributed by atoms with Crippen LogP contribution in [0.2, 0.25) is 0 Å². The van der Waals surface area contributed by atoms with Crippen LogP contribution in [0.4, 0.5) is 8.78 Å². The Kier molecular flexibility index (Phi) is 6.50. The van der Waals surface area contributed by atoms with Crippen molar-refractivity contribution in [2.45, 2.75) is 70.5 Å². The summed E-state index contributed by atoms with van der Waals surface area (Å²) in [4.78, 5) is 12.4. The first-order chi connectivity index (χ1) is 14.0. The second kappa shape index (κ2) is 9.09. The molecule has 160 valence electrons. The summed E-state index contributed by atoms with van der Waals surface area (Å²) in [5, 5.41) is 0. The maximum Gasteiger partial charge on any atom is 0.314 e. The van der Waals surface area contributed by atoms with Crippen molar-refractivity contribution in [1.82, 2.24) is 0 Å². The molecule has 3 aliphatic rings. The largest absolute Gasteiger partial charge is 0.423 e. The molecular weight excluding hydrogens is 378 g/mol. The Hall–Kier alpha value is -1.53. The lowest BCUT2D eigenvalue weighted by molar-refractivity contribution is -0.140. The first-order valence-corrected chi connectivity index (χ1v) is 10.9. The Balaban J connectivity index is 1.21. The summed E-state index contributed by atoms with van der Waals surface area (Å²) in [5.41, 5.74) is 0.198. The molecule has 2 aliphatic carbocycles.